The Hall–Kier alpha value is -3.78. The van der Waals surface area contributed by atoms with Gasteiger partial charge in [0.05, 0.1) is 36.7 Å². The second-order valence-corrected chi connectivity index (χ2v) is 8.10. The molecule has 0 saturated carbocycles. The molecule has 4 rings (SSSR count). The first-order valence-electron chi connectivity index (χ1n) is 10.8. The fourth-order valence-corrected chi connectivity index (χ4v) is 3.99. The highest BCUT2D eigenvalue weighted by Gasteiger charge is 2.24. The van der Waals surface area contributed by atoms with Crippen LogP contribution in [0.15, 0.2) is 60.8 Å². The van der Waals surface area contributed by atoms with Crippen molar-refractivity contribution in [3.63, 3.8) is 0 Å². The van der Waals surface area contributed by atoms with E-state index in [9.17, 15) is 9.59 Å². The standard InChI is InChI=1S/C25H25ClN4O4/c1-33-21-9-7-17(15-22(21)34-2)24(31)28-18-8-10-23(27-16-18)29-11-13-30(14-12-29)25(32)19-5-3-4-6-20(19)26/h3-10,15-16H,11-14H2,1-2H3,(H,28,31). The first-order valence-corrected chi connectivity index (χ1v) is 11.2. The molecule has 0 bridgehead atoms. The van der Waals surface area contributed by atoms with E-state index in [2.05, 4.69) is 15.2 Å². The summed E-state index contributed by atoms with van der Waals surface area (Å²) in [6, 6.07) is 15.7. The van der Waals surface area contributed by atoms with Gasteiger partial charge in [-0.15, -0.1) is 0 Å². The molecule has 3 aromatic rings. The largest absolute Gasteiger partial charge is 0.493 e. The highest BCUT2D eigenvalue weighted by molar-refractivity contribution is 6.33. The van der Waals surface area contributed by atoms with E-state index >= 15 is 0 Å². The number of methoxy groups -OCH3 is 2. The van der Waals surface area contributed by atoms with Gasteiger partial charge in [0.15, 0.2) is 11.5 Å². The second-order valence-electron chi connectivity index (χ2n) is 7.69. The van der Waals surface area contributed by atoms with E-state index in [-0.39, 0.29) is 11.8 Å². The fourth-order valence-electron chi connectivity index (χ4n) is 3.77. The van der Waals surface area contributed by atoms with Crippen LogP contribution < -0.4 is 19.7 Å². The first kappa shape index (κ1) is 23.4. The maximum absolute atomic E-state index is 12.8. The quantitative estimate of drug-likeness (QED) is 0.574. The SMILES string of the molecule is COc1ccc(C(=O)Nc2ccc(N3CCN(C(=O)c4ccccc4Cl)CC3)nc2)cc1OC. The van der Waals surface area contributed by atoms with E-state index in [1.807, 2.05) is 24.3 Å². The van der Waals surface area contributed by atoms with Crippen molar-refractivity contribution in [1.82, 2.24) is 9.88 Å². The van der Waals surface area contributed by atoms with E-state index in [0.717, 1.165) is 5.82 Å². The van der Waals surface area contributed by atoms with E-state index in [1.54, 1.807) is 48.5 Å². The minimum Gasteiger partial charge on any atom is -0.493 e. The summed E-state index contributed by atoms with van der Waals surface area (Å²) in [4.78, 5) is 33.8. The number of aromatic nitrogens is 1. The van der Waals surface area contributed by atoms with Gasteiger partial charge in [-0.25, -0.2) is 4.98 Å². The number of ether oxygens (including phenoxy) is 2. The van der Waals surface area contributed by atoms with Crippen molar-refractivity contribution in [2.45, 2.75) is 0 Å². The molecule has 2 amide bonds. The van der Waals surface area contributed by atoms with E-state index in [1.165, 1.54) is 7.11 Å². The second kappa shape index (κ2) is 10.4. The lowest BCUT2D eigenvalue weighted by Crippen LogP contribution is -2.49. The number of hydrogen-bond donors (Lipinski definition) is 1. The molecule has 34 heavy (non-hydrogen) atoms. The van der Waals surface area contributed by atoms with E-state index < -0.39 is 0 Å². The molecular formula is C25H25ClN4O4. The molecule has 9 heteroatoms. The Morgan fingerprint density at radius 3 is 2.32 bits per heavy atom. The molecule has 1 fully saturated rings. The topological polar surface area (TPSA) is 84.0 Å². The number of amides is 2. The third-order valence-electron chi connectivity index (χ3n) is 5.65. The van der Waals surface area contributed by atoms with Crippen LogP contribution in [0.1, 0.15) is 20.7 Å². The van der Waals surface area contributed by atoms with Gasteiger partial charge in [-0.05, 0) is 42.5 Å². The molecule has 0 aliphatic carbocycles. The predicted octanol–water partition coefficient (Wildman–Crippen LogP) is 3.97. The molecule has 0 radical (unpaired) electrons. The number of carbonyl (C=O) groups excluding carboxylic acids is 2. The fraction of sp³-hybridized carbons (Fsp3) is 0.240. The number of benzene rings is 2. The van der Waals surface area contributed by atoms with Gasteiger partial charge >= 0.3 is 0 Å². The Kier molecular flexibility index (Phi) is 7.18. The number of carbonyl (C=O) groups is 2. The summed E-state index contributed by atoms with van der Waals surface area (Å²) in [7, 11) is 3.07. The molecule has 1 aromatic heterocycles. The zero-order valence-corrected chi connectivity index (χ0v) is 19.7. The summed E-state index contributed by atoms with van der Waals surface area (Å²) >= 11 is 6.17. The van der Waals surface area contributed by atoms with Crippen LogP contribution in [-0.4, -0.2) is 62.1 Å². The molecule has 176 valence electrons. The number of rotatable bonds is 6. The van der Waals surface area contributed by atoms with Crippen LogP contribution in [-0.2, 0) is 0 Å². The summed E-state index contributed by atoms with van der Waals surface area (Å²) in [5.41, 5.74) is 1.54. The highest BCUT2D eigenvalue weighted by atomic mass is 35.5. The lowest BCUT2D eigenvalue weighted by atomic mass is 10.1. The molecule has 0 spiro atoms. The zero-order valence-electron chi connectivity index (χ0n) is 19.0. The summed E-state index contributed by atoms with van der Waals surface area (Å²) in [6.45, 7) is 2.45. The minimum absolute atomic E-state index is 0.0635. The number of hydrogen-bond acceptors (Lipinski definition) is 6. The average molecular weight is 481 g/mol. The highest BCUT2D eigenvalue weighted by Crippen LogP contribution is 2.28. The maximum Gasteiger partial charge on any atom is 0.255 e. The number of pyridine rings is 1. The maximum atomic E-state index is 12.8. The number of nitrogens with one attached hydrogen (secondary N) is 1. The molecule has 1 aliphatic rings. The number of nitrogens with zero attached hydrogens (tertiary/aromatic N) is 3. The first-order chi connectivity index (χ1) is 16.5. The Balaban J connectivity index is 1.35. The van der Waals surface area contributed by atoms with E-state index in [4.69, 9.17) is 21.1 Å². The van der Waals surface area contributed by atoms with Crippen LogP contribution in [0.5, 0.6) is 11.5 Å². The van der Waals surface area contributed by atoms with Crippen molar-refractivity contribution < 1.29 is 19.1 Å². The van der Waals surface area contributed by atoms with Gasteiger partial charge in [-0.3, -0.25) is 9.59 Å². The molecule has 0 atom stereocenters. The van der Waals surface area contributed by atoms with Crippen LogP contribution in [0.25, 0.3) is 0 Å². The lowest BCUT2D eigenvalue weighted by Gasteiger charge is -2.35. The molecule has 8 nitrogen and oxygen atoms in total. The Morgan fingerprint density at radius 2 is 1.68 bits per heavy atom. The summed E-state index contributed by atoms with van der Waals surface area (Å²) in [5, 5.41) is 3.30. The van der Waals surface area contributed by atoms with Crippen LogP contribution >= 0.6 is 11.6 Å². The van der Waals surface area contributed by atoms with Crippen LogP contribution in [0.4, 0.5) is 11.5 Å². The average Bonchev–Trinajstić information content (AvgIpc) is 2.88. The zero-order chi connectivity index (χ0) is 24.1. The molecule has 0 unspecified atom stereocenters. The number of anilines is 2. The molecule has 1 N–H and O–H groups in total. The minimum atomic E-state index is -0.276. The normalized spacial score (nSPS) is 13.4. The van der Waals surface area contributed by atoms with Gasteiger partial charge in [0, 0.05) is 31.7 Å². The van der Waals surface area contributed by atoms with Crippen molar-refractivity contribution in [2.24, 2.45) is 0 Å². The summed E-state index contributed by atoms with van der Waals surface area (Å²) < 4.78 is 10.5. The van der Waals surface area contributed by atoms with Crippen molar-refractivity contribution in [1.29, 1.82) is 0 Å². The van der Waals surface area contributed by atoms with Crippen molar-refractivity contribution in [3.05, 3.63) is 76.9 Å². The van der Waals surface area contributed by atoms with Crippen LogP contribution in [0, 0.1) is 0 Å². The Labute approximate surface area is 203 Å². The number of piperazine rings is 1. The van der Waals surface area contributed by atoms with Crippen molar-refractivity contribution >= 4 is 34.9 Å². The van der Waals surface area contributed by atoms with Crippen LogP contribution in [0.3, 0.4) is 0 Å². The smallest absolute Gasteiger partial charge is 0.255 e. The lowest BCUT2D eigenvalue weighted by molar-refractivity contribution is 0.0746. The molecular weight excluding hydrogens is 456 g/mol. The Morgan fingerprint density at radius 1 is 0.941 bits per heavy atom. The molecule has 1 aliphatic heterocycles. The van der Waals surface area contributed by atoms with Crippen LogP contribution in [0.2, 0.25) is 5.02 Å². The van der Waals surface area contributed by atoms with Gasteiger partial charge in [-0.2, -0.15) is 0 Å². The van der Waals surface area contributed by atoms with E-state index in [0.29, 0.717) is 59.5 Å². The van der Waals surface area contributed by atoms with Gasteiger partial charge in [0.1, 0.15) is 5.82 Å². The third-order valence-corrected chi connectivity index (χ3v) is 5.98. The van der Waals surface area contributed by atoms with Gasteiger partial charge < -0.3 is 24.6 Å². The monoisotopic (exact) mass is 480 g/mol. The molecule has 2 aromatic carbocycles. The van der Waals surface area contributed by atoms with Gasteiger partial charge in [-0.1, -0.05) is 23.7 Å². The summed E-state index contributed by atoms with van der Waals surface area (Å²) in [5.74, 6) is 1.48. The number of halogens is 1. The van der Waals surface area contributed by atoms with Crippen molar-refractivity contribution in [2.75, 3.05) is 50.6 Å². The molecule has 1 saturated heterocycles. The predicted molar refractivity (Wildman–Crippen MR) is 131 cm³/mol. The van der Waals surface area contributed by atoms with Crippen molar-refractivity contribution in [3.8, 4) is 11.5 Å². The third kappa shape index (κ3) is 5.07. The van der Waals surface area contributed by atoms with Gasteiger partial charge in [0.25, 0.3) is 11.8 Å². The Bertz CT molecular complexity index is 1180. The molecule has 2 heterocycles. The summed E-state index contributed by atoms with van der Waals surface area (Å²) in [6.07, 6.45) is 1.62. The van der Waals surface area contributed by atoms with Gasteiger partial charge in [0.2, 0.25) is 0 Å².